The van der Waals surface area contributed by atoms with Crippen LogP contribution >= 0.6 is 0 Å². The number of hydrogen-bond acceptors (Lipinski definition) is 0. The summed E-state index contributed by atoms with van der Waals surface area (Å²) >= 11 is -2.31. The van der Waals surface area contributed by atoms with E-state index in [1.807, 2.05) is 0 Å². The molecule has 3 aliphatic carbocycles. The molecule has 0 bridgehead atoms. The molecule has 12 rings (SSSR count). The first-order valence-corrected chi connectivity index (χ1v) is 36.8. The molecule has 3 saturated carbocycles. The quantitative estimate of drug-likeness (QED) is 0.0709. The molecule has 0 amide bonds. The van der Waals surface area contributed by atoms with Crippen LogP contribution in [0.3, 0.4) is 0 Å². The van der Waals surface area contributed by atoms with E-state index in [0.717, 1.165) is 0 Å². The number of hydrogen-bond donors (Lipinski definition) is 0. The monoisotopic (exact) mass is 1080 g/mol. The second-order valence-corrected chi connectivity index (χ2v) is 41.5. The molecule has 0 saturated heterocycles. The zero-order valence-electron chi connectivity index (χ0n) is 44.5. The van der Waals surface area contributed by atoms with E-state index in [2.05, 4.69) is 273 Å². The number of benzene rings is 9. The summed E-state index contributed by atoms with van der Waals surface area (Å²) in [4.78, 5) is 0. The molecule has 0 atom stereocenters. The van der Waals surface area contributed by atoms with Crippen LogP contribution in [0, 0.1) is 0 Å². The second kappa shape index (κ2) is 22.3. The Balaban J connectivity index is 1.40. The summed E-state index contributed by atoms with van der Waals surface area (Å²) in [7, 11) is -9.48. The van der Waals surface area contributed by atoms with Gasteiger partial charge in [0, 0.05) is 0 Å². The molecule has 0 spiro atoms. The fourth-order valence-electron chi connectivity index (χ4n) is 16.7. The van der Waals surface area contributed by atoms with Gasteiger partial charge in [0.1, 0.15) is 0 Å². The Hall–Kier alpha value is -5.84. The summed E-state index contributed by atoms with van der Waals surface area (Å²) in [5.74, 6) is 0. The first-order valence-electron chi connectivity index (χ1n) is 28.9. The van der Waals surface area contributed by atoms with Crippen LogP contribution in [0.25, 0.3) is 0 Å². The Labute approximate surface area is 462 Å². The van der Waals surface area contributed by atoms with Crippen molar-refractivity contribution < 1.29 is 14.1 Å². The van der Waals surface area contributed by atoms with E-state index in [1.165, 1.54) is 96.3 Å². The van der Waals surface area contributed by atoms with Gasteiger partial charge in [-0.2, -0.15) is 0 Å². The van der Waals surface area contributed by atoms with Crippen LogP contribution in [-0.4, -0.2) is 24.2 Å². The Morgan fingerprint density at radius 1 is 0.184 bits per heavy atom. The molecule has 0 aromatic heterocycles. The molecule has 0 aliphatic heterocycles. The summed E-state index contributed by atoms with van der Waals surface area (Å²) in [5.41, 5.74) is 0. The first kappa shape index (κ1) is 50.9. The molecule has 9 aromatic carbocycles. The molecular weight excluding hydrogens is 1000 g/mol. The molecule has 0 N–H and O–H groups in total. The third kappa shape index (κ3) is 8.07. The van der Waals surface area contributed by atoms with Crippen molar-refractivity contribution in [3.8, 4) is 0 Å². The van der Waals surface area contributed by atoms with Crippen LogP contribution in [0.1, 0.15) is 96.3 Å². The van der Waals surface area contributed by atoms with E-state index in [1.54, 1.807) is 46.7 Å². The van der Waals surface area contributed by atoms with E-state index >= 15 is 0 Å². The molecule has 76 heavy (non-hydrogen) atoms. The third-order valence-electron chi connectivity index (χ3n) is 19.1. The van der Waals surface area contributed by atoms with Crippen molar-refractivity contribution in [2.45, 2.75) is 108 Å². The van der Waals surface area contributed by atoms with Gasteiger partial charge in [-0.1, -0.05) is 0 Å². The fraction of sp³-hybridized carbons (Fsp3) is 0.250. The van der Waals surface area contributed by atoms with Crippen molar-refractivity contribution in [3.63, 3.8) is 0 Å². The summed E-state index contributed by atoms with van der Waals surface area (Å²) in [6.45, 7) is 0. The van der Waals surface area contributed by atoms with E-state index in [-0.39, 0.29) is 11.7 Å². The van der Waals surface area contributed by atoms with E-state index in [9.17, 15) is 0 Å². The average molecular weight is 1080 g/mol. The van der Waals surface area contributed by atoms with Gasteiger partial charge in [-0.25, -0.2) is 0 Å². The zero-order valence-corrected chi connectivity index (χ0v) is 48.8. The van der Waals surface area contributed by atoms with Crippen molar-refractivity contribution in [2.24, 2.45) is 0 Å². The standard InChI is InChI=1S/3C24H25Si.Cr/c3*1-5-13-21(14-6-1)25(22-15-7-2-8-16-22,23-17-9-3-10-18-23)24-19-11-4-12-20-24;/h3*1-3,5-10,13-18H,4,11-12,19-20H2;. The van der Waals surface area contributed by atoms with Gasteiger partial charge in [0.2, 0.25) is 0 Å². The minimum absolute atomic E-state index is 0.0167. The van der Waals surface area contributed by atoms with Crippen LogP contribution in [0.15, 0.2) is 273 Å². The van der Waals surface area contributed by atoms with E-state index < -0.39 is 38.4 Å². The normalized spacial score (nSPS) is 17.6. The topological polar surface area (TPSA) is 0 Å². The molecule has 0 unspecified atom stereocenters. The van der Waals surface area contributed by atoms with E-state index in [4.69, 9.17) is 0 Å². The molecule has 4 heteroatoms. The summed E-state index contributed by atoms with van der Waals surface area (Å²) in [6.07, 6.45) is 19.2. The van der Waals surface area contributed by atoms with Crippen LogP contribution in [-0.2, 0) is 14.1 Å². The Kier molecular flexibility index (Phi) is 14.9. The van der Waals surface area contributed by atoms with Gasteiger partial charge in [-0.3, -0.25) is 0 Å². The van der Waals surface area contributed by atoms with Gasteiger partial charge in [-0.15, -0.1) is 0 Å². The van der Waals surface area contributed by atoms with Gasteiger partial charge < -0.3 is 0 Å². The zero-order chi connectivity index (χ0) is 51.2. The van der Waals surface area contributed by atoms with Gasteiger partial charge >= 0.3 is 466 Å². The molecule has 381 valence electrons. The molecule has 0 heterocycles. The van der Waals surface area contributed by atoms with Gasteiger partial charge in [0.25, 0.3) is 0 Å². The third-order valence-corrected chi connectivity index (χ3v) is 47.9. The van der Waals surface area contributed by atoms with Crippen molar-refractivity contribution in [1.82, 2.24) is 0 Å². The Morgan fingerprint density at radius 2 is 0.316 bits per heavy atom. The van der Waals surface area contributed by atoms with Crippen molar-refractivity contribution in [2.75, 3.05) is 0 Å². The second-order valence-electron chi connectivity index (χ2n) is 22.5. The van der Waals surface area contributed by atoms with Crippen molar-refractivity contribution in [1.29, 1.82) is 0 Å². The van der Waals surface area contributed by atoms with Crippen molar-refractivity contribution >= 4 is 70.9 Å². The van der Waals surface area contributed by atoms with E-state index in [0.29, 0.717) is 0 Å². The molecular formula is C72H75CrSi3. The molecule has 0 radical (unpaired) electrons. The summed E-state index contributed by atoms with van der Waals surface area (Å²) < 4.78 is -0.0501. The fourth-order valence-corrected chi connectivity index (χ4v) is 57.1. The van der Waals surface area contributed by atoms with Gasteiger partial charge in [0.05, 0.1) is 0 Å². The van der Waals surface area contributed by atoms with Gasteiger partial charge in [0.15, 0.2) is 0 Å². The minimum atomic E-state index is -3.16. The Morgan fingerprint density at radius 3 is 0.447 bits per heavy atom. The first-order chi connectivity index (χ1) is 37.7. The van der Waals surface area contributed by atoms with Crippen LogP contribution in [0.2, 0.25) is 11.7 Å². The summed E-state index contributed by atoms with van der Waals surface area (Å²) in [6, 6.07) is 112. The molecule has 3 aliphatic rings. The predicted octanol–water partition coefficient (Wildman–Crippen LogP) is 13.1. The molecule has 3 fully saturated rings. The van der Waals surface area contributed by atoms with Crippen LogP contribution in [0.5, 0.6) is 0 Å². The molecule has 0 nitrogen and oxygen atoms in total. The van der Waals surface area contributed by atoms with Crippen molar-refractivity contribution in [3.05, 3.63) is 273 Å². The maximum atomic E-state index is 2.65. The van der Waals surface area contributed by atoms with Crippen LogP contribution in [0.4, 0.5) is 0 Å². The Bertz CT molecular complexity index is 2570. The predicted molar refractivity (Wildman–Crippen MR) is 329 cm³/mol. The van der Waals surface area contributed by atoms with Crippen LogP contribution < -0.4 is 46.7 Å². The van der Waals surface area contributed by atoms with Gasteiger partial charge in [-0.05, 0) is 0 Å². The summed E-state index contributed by atoms with van der Waals surface area (Å²) in [5, 5.41) is 14.6. The molecule has 9 aromatic rings. The number of rotatable bonds is 15. The SMILES string of the molecule is c1ccc([Si](c2ccccc2)(c2ccccc2)[C]2([Cr]([C]3([Si](c4ccccc4)(c4ccccc4)c4ccccc4)CCCCC3)[C]3([Si](c4ccccc4)(c4ccccc4)c4ccccc4)CCCCC3)CCCCC2)cc1. The maximum absolute atomic E-state index is 3.16. The average Bonchev–Trinajstić information content (AvgIpc) is 3.63.